The molecule has 0 bridgehead atoms. The highest BCUT2D eigenvalue weighted by atomic mass is 16.5. The van der Waals surface area contributed by atoms with Gasteiger partial charge in [0.15, 0.2) is 5.78 Å². The fourth-order valence-corrected chi connectivity index (χ4v) is 5.07. The molecule has 5 nitrogen and oxygen atoms in total. The molecule has 5 atom stereocenters. The lowest BCUT2D eigenvalue weighted by molar-refractivity contribution is -0.129. The van der Waals surface area contributed by atoms with Gasteiger partial charge < -0.3 is 9.84 Å². The molecule has 0 amide bonds. The highest BCUT2D eigenvalue weighted by Gasteiger charge is 2.40. The minimum Gasteiger partial charge on any atom is -0.468 e. The van der Waals surface area contributed by atoms with E-state index in [4.69, 9.17) is 4.74 Å². The van der Waals surface area contributed by atoms with Crippen LogP contribution in [0.15, 0.2) is 47.5 Å². The number of carbonyl (C=O) groups excluding carboxylic acids is 3. The zero-order chi connectivity index (χ0) is 23.4. The summed E-state index contributed by atoms with van der Waals surface area (Å²) >= 11 is 0. The van der Waals surface area contributed by atoms with Crippen LogP contribution in [0.1, 0.15) is 72.1 Å². The summed E-state index contributed by atoms with van der Waals surface area (Å²) in [5.41, 5.74) is 1.89. The van der Waals surface area contributed by atoms with E-state index in [9.17, 15) is 19.5 Å². The molecule has 2 aliphatic carbocycles. The molecular weight excluding hydrogens is 404 g/mol. The largest absolute Gasteiger partial charge is 0.468 e. The van der Waals surface area contributed by atoms with E-state index < -0.39 is 17.9 Å². The average Bonchev–Trinajstić information content (AvgIpc) is 2.73. The average molecular weight is 441 g/mol. The molecule has 0 aromatic heterocycles. The second-order valence-electron chi connectivity index (χ2n) is 9.72. The van der Waals surface area contributed by atoms with Crippen LogP contribution in [-0.2, 0) is 19.1 Å². The van der Waals surface area contributed by atoms with E-state index in [2.05, 4.69) is 13.5 Å². The van der Waals surface area contributed by atoms with E-state index in [0.717, 1.165) is 31.3 Å². The van der Waals surface area contributed by atoms with E-state index in [0.29, 0.717) is 23.3 Å². The molecule has 0 spiro atoms. The number of carbonyl (C=O) groups is 3. The summed E-state index contributed by atoms with van der Waals surface area (Å²) in [5.74, 6) is -0.494. The molecule has 0 aromatic carbocycles. The Balaban J connectivity index is 1.73. The van der Waals surface area contributed by atoms with Crippen molar-refractivity contribution in [1.29, 1.82) is 0 Å². The van der Waals surface area contributed by atoms with Gasteiger partial charge in [-0.05, 0) is 36.5 Å². The second-order valence-corrected chi connectivity index (χ2v) is 9.72. The van der Waals surface area contributed by atoms with E-state index in [1.807, 2.05) is 13.8 Å². The lowest BCUT2D eigenvalue weighted by atomic mass is 9.73. The van der Waals surface area contributed by atoms with Gasteiger partial charge in [0.2, 0.25) is 0 Å². The number of fused-ring (bicyclic) bond motifs is 1. The van der Waals surface area contributed by atoms with E-state index in [1.165, 1.54) is 12.5 Å². The van der Waals surface area contributed by atoms with Crippen molar-refractivity contribution in [1.82, 2.24) is 0 Å². The third-order valence-corrected chi connectivity index (χ3v) is 7.10. The normalized spacial score (nSPS) is 28.9. The van der Waals surface area contributed by atoms with Crippen LogP contribution >= 0.6 is 0 Å². The van der Waals surface area contributed by atoms with Crippen LogP contribution < -0.4 is 0 Å². The van der Waals surface area contributed by atoms with Crippen molar-refractivity contribution in [3.63, 3.8) is 0 Å². The molecule has 1 fully saturated rings. The molecule has 0 aromatic rings. The smallest absolute Gasteiger partial charge is 0.182 e. The molecule has 5 heteroatoms. The van der Waals surface area contributed by atoms with Crippen molar-refractivity contribution in [2.24, 2.45) is 23.7 Å². The molecular formula is C27H36O5. The minimum absolute atomic E-state index is 0.0462. The summed E-state index contributed by atoms with van der Waals surface area (Å²) in [6, 6.07) is 0. The van der Waals surface area contributed by atoms with Gasteiger partial charge >= 0.3 is 0 Å². The van der Waals surface area contributed by atoms with Gasteiger partial charge in [-0.2, -0.15) is 0 Å². The maximum Gasteiger partial charge on any atom is 0.182 e. The topological polar surface area (TPSA) is 80.7 Å². The van der Waals surface area contributed by atoms with Gasteiger partial charge in [-0.1, -0.05) is 53.0 Å². The van der Waals surface area contributed by atoms with Gasteiger partial charge in [0.05, 0.1) is 18.3 Å². The summed E-state index contributed by atoms with van der Waals surface area (Å²) in [4.78, 5) is 38.1. The molecule has 3 rings (SSSR count). The van der Waals surface area contributed by atoms with Crippen LogP contribution in [0, 0.1) is 23.7 Å². The first-order valence-corrected chi connectivity index (χ1v) is 12.0. The SMILES string of the molecule is C=C1C(=O)C=C2C=C(C3C(=O)C[C@@H](O)C[C@H]3C)OC=C2[C@@H]1CC(=O)[C@@H](C)CCCCCC. The Kier molecular flexibility index (Phi) is 8.05. The number of aliphatic hydroxyl groups excluding tert-OH is 1. The lowest BCUT2D eigenvalue weighted by Gasteiger charge is -2.34. The number of rotatable bonds is 9. The fourth-order valence-electron chi connectivity index (χ4n) is 5.07. The van der Waals surface area contributed by atoms with Crippen LogP contribution in [0.3, 0.4) is 0 Å². The van der Waals surface area contributed by atoms with Crippen LogP contribution in [0.25, 0.3) is 0 Å². The summed E-state index contributed by atoms with van der Waals surface area (Å²) in [5, 5.41) is 9.87. The van der Waals surface area contributed by atoms with E-state index >= 15 is 0 Å². The Labute approximate surface area is 191 Å². The third kappa shape index (κ3) is 5.37. The summed E-state index contributed by atoms with van der Waals surface area (Å²) in [7, 11) is 0. The first-order valence-electron chi connectivity index (χ1n) is 12.0. The Morgan fingerprint density at radius 3 is 2.69 bits per heavy atom. The molecule has 3 aliphatic rings. The van der Waals surface area contributed by atoms with E-state index in [1.54, 1.807) is 12.3 Å². The van der Waals surface area contributed by atoms with Gasteiger partial charge in [0.25, 0.3) is 0 Å². The minimum atomic E-state index is -0.609. The number of ether oxygens (including phenoxy) is 1. The predicted octanol–water partition coefficient (Wildman–Crippen LogP) is 5.01. The standard InChI is InChI=1S/C27H36O5/c1-5-6-7-8-9-16(2)23(29)14-21-18(4)24(30)11-19-12-26(32-15-22(19)21)27-17(3)10-20(28)13-25(27)31/h11-12,15-17,20-21,27-28H,4-10,13-14H2,1-3H3/t16-,17+,20-,21+,27?/m0/s1. The van der Waals surface area contributed by atoms with Crippen LogP contribution in [-0.4, -0.2) is 28.6 Å². The number of allylic oxidation sites excluding steroid dienone is 6. The number of ketones is 3. The monoisotopic (exact) mass is 440 g/mol. The van der Waals surface area contributed by atoms with Crippen LogP contribution in [0.5, 0.6) is 0 Å². The van der Waals surface area contributed by atoms with Crippen LogP contribution in [0.2, 0.25) is 0 Å². The zero-order valence-corrected chi connectivity index (χ0v) is 19.6. The Morgan fingerprint density at radius 1 is 1.25 bits per heavy atom. The Morgan fingerprint density at radius 2 is 2.00 bits per heavy atom. The molecule has 1 unspecified atom stereocenters. The molecule has 0 radical (unpaired) electrons. The predicted molar refractivity (Wildman–Crippen MR) is 123 cm³/mol. The van der Waals surface area contributed by atoms with Gasteiger partial charge in [0.1, 0.15) is 17.3 Å². The maximum atomic E-state index is 12.9. The zero-order valence-electron chi connectivity index (χ0n) is 19.6. The number of hydrogen-bond donors (Lipinski definition) is 1. The lowest BCUT2D eigenvalue weighted by Crippen LogP contribution is -2.36. The van der Waals surface area contributed by atoms with Gasteiger partial charge in [-0.3, -0.25) is 14.4 Å². The van der Waals surface area contributed by atoms with Crippen molar-refractivity contribution in [3.05, 3.63) is 47.5 Å². The highest BCUT2D eigenvalue weighted by molar-refractivity contribution is 6.08. The molecule has 174 valence electrons. The molecule has 1 saturated carbocycles. The van der Waals surface area contributed by atoms with Crippen molar-refractivity contribution < 1.29 is 24.2 Å². The number of Topliss-reactive ketones (excluding diaryl/α,β-unsaturated/α-hetero) is 2. The maximum absolute atomic E-state index is 12.9. The van der Waals surface area contributed by atoms with Gasteiger partial charge in [0, 0.05) is 35.8 Å². The van der Waals surface area contributed by atoms with Crippen molar-refractivity contribution in [2.45, 2.75) is 78.2 Å². The van der Waals surface area contributed by atoms with E-state index in [-0.39, 0.29) is 42.0 Å². The molecule has 0 saturated heterocycles. The molecule has 1 N–H and O–H groups in total. The Bertz CT molecular complexity index is 874. The Hall–Kier alpha value is -2.27. The highest BCUT2D eigenvalue weighted by Crippen LogP contribution is 2.42. The third-order valence-electron chi connectivity index (χ3n) is 7.10. The molecule has 1 aliphatic heterocycles. The van der Waals surface area contributed by atoms with Crippen LogP contribution in [0.4, 0.5) is 0 Å². The van der Waals surface area contributed by atoms with Crippen molar-refractivity contribution in [3.8, 4) is 0 Å². The second kappa shape index (κ2) is 10.6. The van der Waals surface area contributed by atoms with Crippen molar-refractivity contribution >= 4 is 17.3 Å². The summed E-state index contributed by atoms with van der Waals surface area (Å²) < 4.78 is 5.90. The van der Waals surface area contributed by atoms with Crippen molar-refractivity contribution in [2.75, 3.05) is 0 Å². The number of aliphatic hydroxyl groups is 1. The number of unbranched alkanes of at least 4 members (excludes halogenated alkanes) is 3. The summed E-state index contributed by atoms with van der Waals surface area (Å²) in [6.07, 6.45) is 10.6. The molecule has 32 heavy (non-hydrogen) atoms. The summed E-state index contributed by atoms with van der Waals surface area (Å²) in [6.45, 7) is 10.0. The first kappa shape index (κ1) is 24.4. The van der Waals surface area contributed by atoms with Gasteiger partial charge in [-0.15, -0.1) is 0 Å². The quantitative estimate of drug-likeness (QED) is 0.403. The molecule has 1 heterocycles. The first-order chi connectivity index (χ1) is 15.2. The van der Waals surface area contributed by atoms with Gasteiger partial charge in [-0.25, -0.2) is 0 Å². The fraction of sp³-hybridized carbons (Fsp3) is 0.593. The number of hydrogen-bond acceptors (Lipinski definition) is 5.